The lowest BCUT2D eigenvalue weighted by molar-refractivity contribution is 1.06. The van der Waals surface area contributed by atoms with Gasteiger partial charge in [0.1, 0.15) is 0 Å². The first-order valence-corrected chi connectivity index (χ1v) is 15.9. The van der Waals surface area contributed by atoms with Gasteiger partial charge in [-0.2, -0.15) is 0 Å². The monoisotopic (exact) mass is 601 g/mol. The Bertz CT molecular complexity index is 2900. The summed E-state index contributed by atoms with van der Waals surface area (Å²) < 4.78 is 6.52. The summed E-state index contributed by atoms with van der Waals surface area (Å²) in [6.45, 7) is 0. The Hall–Kier alpha value is -6.39. The molecule has 0 aliphatic rings. The number of rotatable bonds is 3. The minimum Gasteiger partial charge on any atom is -0.309 e. The summed E-state index contributed by atoms with van der Waals surface area (Å²) in [4.78, 5) is 15.1. The van der Waals surface area contributed by atoms with E-state index in [1.165, 1.54) is 0 Å². The summed E-state index contributed by atoms with van der Waals surface area (Å²) in [5, 5.41) is 7.23. The lowest BCUT2D eigenvalue weighted by atomic mass is 10.0. The Balaban J connectivity index is 1.47. The van der Waals surface area contributed by atoms with Crippen LogP contribution in [0.1, 0.15) is 0 Å². The van der Waals surface area contributed by atoms with Crippen molar-refractivity contribution >= 4 is 65.3 Å². The number of para-hydroxylation sites is 5. The molecular weight excluding hydrogens is 574 g/mol. The lowest BCUT2D eigenvalue weighted by Crippen LogP contribution is -2.20. The van der Waals surface area contributed by atoms with Crippen LogP contribution < -0.4 is 5.56 Å². The Morgan fingerprint density at radius 3 is 1.36 bits per heavy atom. The van der Waals surface area contributed by atoms with Gasteiger partial charge in [0.05, 0.1) is 33.0 Å². The first-order valence-electron chi connectivity index (χ1n) is 15.9. The Morgan fingerprint density at radius 2 is 0.745 bits per heavy atom. The Morgan fingerprint density at radius 1 is 0.298 bits per heavy atom. The second-order valence-electron chi connectivity index (χ2n) is 12.1. The molecule has 0 amide bonds. The maximum absolute atomic E-state index is 15.1. The van der Waals surface area contributed by atoms with E-state index >= 15 is 4.79 Å². The van der Waals surface area contributed by atoms with Gasteiger partial charge < -0.3 is 9.13 Å². The quantitative estimate of drug-likeness (QED) is 0.185. The van der Waals surface area contributed by atoms with E-state index in [0.717, 1.165) is 77.0 Å². The molecule has 0 atom stereocenters. The van der Waals surface area contributed by atoms with E-state index in [9.17, 15) is 0 Å². The molecule has 7 aromatic carbocycles. The molecule has 47 heavy (non-hydrogen) atoms. The van der Waals surface area contributed by atoms with Crippen molar-refractivity contribution in [1.82, 2.24) is 13.7 Å². The Labute approximate surface area is 269 Å². The number of pyridine rings is 1. The summed E-state index contributed by atoms with van der Waals surface area (Å²) in [7, 11) is 0. The minimum absolute atomic E-state index is 0.0390. The second kappa shape index (κ2) is 9.80. The van der Waals surface area contributed by atoms with Crippen molar-refractivity contribution in [3.05, 3.63) is 174 Å². The summed E-state index contributed by atoms with van der Waals surface area (Å²) >= 11 is 0. The molecule has 0 saturated carbocycles. The van der Waals surface area contributed by atoms with E-state index in [-0.39, 0.29) is 5.56 Å². The van der Waals surface area contributed by atoms with Crippen molar-refractivity contribution in [3.8, 4) is 17.1 Å². The van der Waals surface area contributed by atoms with E-state index in [0.29, 0.717) is 5.39 Å². The standard InChI is InChI=1S/C43H27N3O/c47-43-37-27-40-36(32-21-11-12-22-38(32)44(40)28-14-4-1-5-15-28)26-35(37)34-25-24-33-31-20-10-13-23-39(31)45(29-16-6-2-7-17-29)41(33)42(34)46(43)30-18-8-3-9-19-30/h1-27H. The van der Waals surface area contributed by atoms with Gasteiger partial charge in [-0.25, -0.2) is 0 Å². The van der Waals surface area contributed by atoms with Gasteiger partial charge in [-0.05, 0) is 66.0 Å². The molecule has 0 saturated heterocycles. The van der Waals surface area contributed by atoms with Crippen LogP contribution in [0.5, 0.6) is 0 Å². The molecule has 4 nitrogen and oxygen atoms in total. The number of benzene rings is 7. The fourth-order valence-corrected chi connectivity index (χ4v) is 7.64. The first-order chi connectivity index (χ1) is 23.3. The van der Waals surface area contributed by atoms with Gasteiger partial charge in [-0.3, -0.25) is 9.36 Å². The van der Waals surface area contributed by atoms with E-state index < -0.39 is 0 Å². The molecule has 4 heteroatoms. The second-order valence-corrected chi connectivity index (χ2v) is 12.1. The third-order valence-corrected chi connectivity index (χ3v) is 9.61. The van der Waals surface area contributed by atoms with E-state index in [1.54, 1.807) is 0 Å². The first kappa shape index (κ1) is 25.9. The van der Waals surface area contributed by atoms with Crippen molar-refractivity contribution in [2.24, 2.45) is 0 Å². The molecule has 0 spiro atoms. The average Bonchev–Trinajstić information content (AvgIpc) is 3.65. The van der Waals surface area contributed by atoms with Crippen LogP contribution in [0.2, 0.25) is 0 Å². The fourth-order valence-electron chi connectivity index (χ4n) is 7.64. The molecule has 10 rings (SSSR count). The van der Waals surface area contributed by atoms with Gasteiger partial charge in [0.15, 0.2) is 0 Å². The fraction of sp³-hybridized carbons (Fsp3) is 0. The maximum Gasteiger partial charge on any atom is 0.263 e. The zero-order chi connectivity index (χ0) is 31.1. The van der Waals surface area contributed by atoms with Crippen LogP contribution in [0.4, 0.5) is 0 Å². The number of fused-ring (bicyclic) bond motifs is 10. The number of nitrogens with zero attached hydrogens (tertiary/aromatic N) is 3. The van der Waals surface area contributed by atoms with Crippen LogP contribution in [-0.2, 0) is 0 Å². The van der Waals surface area contributed by atoms with Crippen LogP contribution in [0.15, 0.2) is 169 Å². The van der Waals surface area contributed by atoms with Crippen molar-refractivity contribution < 1.29 is 0 Å². The van der Waals surface area contributed by atoms with Gasteiger partial charge in [0.2, 0.25) is 0 Å². The van der Waals surface area contributed by atoms with Gasteiger partial charge in [-0.1, -0.05) is 103 Å². The van der Waals surface area contributed by atoms with Crippen LogP contribution in [-0.4, -0.2) is 13.7 Å². The predicted octanol–water partition coefficient (Wildman–Crippen LogP) is 10.3. The topological polar surface area (TPSA) is 31.9 Å². The highest BCUT2D eigenvalue weighted by Gasteiger charge is 2.22. The molecule has 0 unspecified atom stereocenters. The highest BCUT2D eigenvalue weighted by Crippen LogP contribution is 2.41. The summed E-state index contributed by atoms with van der Waals surface area (Å²) in [5.74, 6) is 0. The molecule has 0 N–H and O–H groups in total. The molecule has 0 aliphatic carbocycles. The number of hydrogen-bond acceptors (Lipinski definition) is 1. The van der Waals surface area contributed by atoms with Crippen LogP contribution in [0.25, 0.3) is 82.3 Å². The van der Waals surface area contributed by atoms with Crippen molar-refractivity contribution in [3.63, 3.8) is 0 Å². The Kier molecular flexibility index (Phi) is 5.40. The molecule has 0 fully saturated rings. The highest BCUT2D eigenvalue weighted by molar-refractivity contribution is 6.24. The van der Waals surface area contributed by atoms with Gasteiger partial charge in [0.25, 0.3) is 5.56 Å². The molecule has 3 aromatic heterocycles. The zero-order valence-electron chi connectivity index (χ0n) is 25.3. The van der Waals surface area contributed by atoms with E-state index in [2.05, 4.69) is 130 Å². The molecule has 0 radical (unpaired) electrons. The average molecular weight is 602 g/mol. The number of aromatic nitrogens is 3. The third kappa shape index (κ3) is 3.61. The lowest BCUT2D eigenvalue weighted by Gasteiger charge is -2.17. The smallest absolute Gasteiger partial charge is 0.263 e. The van der Waals surface area contributed by atoms with Crippen LogP contribution in [0, 0.1) is 0 Å². The normalized spacial score (nSPS) is 11.9. The molecule has 220 valence electrons. The predicted molar refractivity (Wildman–Crippen MR) is 196 cm³/mol. The van der Waals surface area contributed by atoms with Crippen molar-refractivity contribution in [2.45, 2.75) is 0 Å². The third-order valence-electron chi connectivity index (χ3n) is 9.61. The summed E-state index contributed by atoms with van der Waals surface area (Å²) in [6.07, 6.45) is 0. The van der Waals surface area contributed by atoms with Gasteiger partial charge >= 0.3 is 0 Å². The largest absolute Gasteiger partial charge is 0.309 e. The van der Waals surface area contributed by atoms with Crippen LogP contribution >= 0.6 is 0 Å². The zero-order valence-corrected chi connectivity index (χ0v) is 25.3. The van der Waals surface area contributed by atoms with Crippen LogP contribution in [0.3, 0.4) is 0 Å². The van der Waals surface area contributed by atoms with Gasteiger partial charge in [-0.15, -0.1) is 0 Å². The maximum atomic E-state index is 15.1. The molecule has 0 aliphatic heterocycles. The summed E-state index contributed by atoms with van der Waals surface area (Å²) in [6, 6.07) is 56.7. The summed E-state index contributed by atoms with van der Waals surface area (Å²) in [5.41, 5.74) is 8.07. The van der Waals surface area contributed by atoms with Crippen molar-refractivity contribution in [2.75, 3.05) is 0 Å². The van der Waals surface area contributed by atoms with E-state index in [4.69, 9.17) is 0 Å². The molecular formula is C43H27N3O. The molecule has 10 aromatic rings. The highest BCUT2D eigenvalue weighted by atomic mass is 16.1. The minimum atomic E-state index is -0.0390. The van der Waals surface area contributed by atoms with E-state index in [1.807, 2.05) is 47.0 Å². The SMILES string of the molecule is O=c1c2cc3c(cc2c2ccc4c5ccccc5n(-c5ccccc5)c4c2n1-c1ccccc1)c1ccccc1n3-c1ccccc1. The number of hydrogen-bond donors (Lipinski definition) is 0. The molecule has 0 bridgehead atoms. The van der Waals surface area contributed by atoms with Crippen molar-refractivity contribution in [1.29, 1.82) is 0 Å². The molecule has 3 heterocycles. The van der Waals surface area contributed by atoms with Gasteiger partial charge in [0, 0.05) is 44.0 Å².